The molecule has 0 aromatic heterocycles. The molecule has 0 aliphatic rings. The molecule has 0 aliphatic heterocycles. The second kappa shape index (κ2) is 9.51. The number of fused-ring (bicyclic) bond motifs is 1. The molecule has 0 spiro atoms. The molecule has 1 unspecified atom stereocenters. The molecule has 0 fully saturated rings. The largest absolute Gasteiger partial charge is 0.420 e. The Morgan fingerprint density at radius 3 is 2.62 bits per heavy atom. The number of carbonyl (C=O) groups is 1. The van der Waals surface area contributed by atoms with Crippen molar-refractivity contribution in [2.75, 3.05) is 0 Å². The van der Waals surface area contributed by atoms with E-state index in [2.05, 4.69) is 33.4 Å². The molecule has 2 rings (SSSR count). The minimum Gasteiger partial charge on any atom is -0.420 e. The van der Waals surface area contributed by atoms with Gasteiger partial charge >= 0.3 is 5.97 Å². The average molecular weight is 356 g/mol. The monoisotopic (exact) mass is 356 g/mol. The fourth-order valence-electron chi connectivity index (χ4n) is 3.22. The molecule has 2 aromatic carbocycles. The molecule has 0 saturated heterocycles. The number of aryl methyl sites for hydroxylation is 1. The van der Waals surface area contributed by atoms with Gasteiger partial charge in [-0.05, 0) is 47.8 Å². The summed E-state index contributed by atoms with van der Waals surface area (Å²) in [5.41, 5.74) is 2.21. The molecule has 2 aromatic rings. The molecule has 0 bridgehead atoms. The molecular weight excluding hydrogens is 327 g/mol. The molecule has 0 saturated carbocycles. The zero-order valence-corrected chi connectivity index (χ0v) is 16.1. The van der Waals surface area contributed by atoms with E-state index in [1.54, 1.807) is 0 Å². The first kappa shape index (κ1) is 20.2. The summed E-state index contributed by atoms with van der Waals surface area (Å²) in [7, 11) is 0. The second-order valence-electron chi connectivity index (χ2n) is 6.90. The van der Waals surface area contributed by atoms with Crippen LogP contribution >= 0.6 is 0 Å². The number of esters is 1. The van der Waals surface area contributed by atoms with Crippen LogP contribution in [-0.4, -0.2) is 5.97 Å². The van der Waals surface area contributed by atoms with Crippen LogP contribution in [0.2, 0.25) is 0 Å². The third kappa shape index (κ3) is 4.72. The zero-order chi connectivity index (χ0) is 19.1. The van der Waals surface area contributed by atoms with Gasteiger partial charge in [0.2, 0.25) is 0 Å². The van der Waals surface area contributed by atoms with Crippen LogP contribution in [0, 0.1) is 5.82 Å². The number of benzene rings is 2. The lowest BCUT2D eigenvalue weighted by atomic mass is 9.90. The van der Waals surface area contributed by atoms with E-state index in [1.165, 1.54) is 30.9 Å². The lowest BCUT2D eigenvalue weighted by Crippen LogP contribution is -2.07. The van der Waals surface area contributed by atoms with Gasteiger partial charge in [0.25, 0.3) is 0 Å². The van der Waals surface area contributed by atoms with Gasteiger partial charge in [0.05, 0.1) is 0 Å². The molecule has 2 nitrogen and oxygen atoms in total. The molecule has 1 atom stereocenters. The number of hydrogen-bond acceptors (Lipinski definition) is 2. The Morgan fingerprint density at radius 2 is 1.96 bits per heavy atom. The van der Waals surface area contributed by atoms with Crippen LogP contribution in [0.15, 0.2) is 36.9 Å². The molecule has 3 heteroatoms. The zero-order valence-electron chi connectivity index (χ0n) is 16.1. The van der Waals surface area contributed by atoms with Crippen molar-refractivity contribution in [2.24, 2.45) is 0 Å². The van der Waals surface area contributed by atoms with Gasteiger partial charge in [-0.1, -0.05) is 64.8 Å². The van der Waals surface area contributed by atoms with E-state index < -0.39 is 11.8 Å². The van der Waals surface area contributed by atoms with Crippen LogP contribution < -0.4 is 4.74 Å². The SMILES string of the molecule is C=CC(=O)Oc1c(F)cc(C(C)CC)c2cc(CCCCCC)ccc12. The van der Waals surface area contributed by atoms with Gasteiger partial charge in [0.15, 0.2) is 11.6 Å². The molecule has 0 amide bonds. The summed E-state index contributed by atoms with van der Waals surface area (Å²) in [6.45, 7) is 9.78. The normalized spacial score (nSPS) is 12.2. The first-order valence-corrected chi connectivity index (χ1v) is 9.61. The third-order valence-electron chi connectivity index (χ3n) is 4.97. The van der Waals surface area contributed by atoms with Crippen molar-refractivity contribution in [3.63, 3.8) is 0 Å². The standard InChI is InChI=1S/C23H29FO2/c1-5-8-9-10-11-17-12-13-18-20(14-17)19(16(4)6-2)15-21(24)23(18)26-22(25)7-3/h7,12-16H,3,5-6,8-11H2,1-2,4H3. The first-order valence-electron chi connectivity index (χ1n) is 9.61. The van der Waals surface area contributed by atoms with Crippen molar-refractivity contribution in [1.82, 2.24) is 0 Å². The van der Waals surface area contributed by atoms with Gasteiger partial charge in [0, 0.05) is 11.5 Å². The Labute approximate surface area is 156 Å². The third-order valence-corrected chi connectivity index (χ3v) is 4.97. The number of unbranched alkanes of at least 4 members (excludes halogenated alkanes) is 3. The summed E-state index contributed by atoms with van der Waals surface area (Å²) in [5, 5.41) is 1.62. The average Bonchev–Trinajstić information content (AvgIpc) is 2.66. The van der Waals surface area contributed by atoms with E-state index in [4.69, 9.17) is 4.74 Å². The predicted molar refractivity (Wildman–Crippen MR) is 106 cm³/mol. The van der Waals surface area contributed by atoms with Crippen molar-refractivity contribution in [3.8, 4) is 5.75 Å². The van der Waals surface area contributed by atoms with Crippen LogP contribution in [0.3, 0.4) is 0 Å². The second-order valence-corrected chi connectivity index (χ2v) is 6.90. The highest BCUT2D eigenvalue weighted by Gasteiger charge is 2.18. The molecule has 26 heavy (non-hydrogen) atoms. The lowest BCUT2D eigenvalue weighted by Gasteiger charge is -2.17. The Hall–Kier alpha value is -2.16. The van der Waals surface area contributed by atoms with Gasteiger partial charge in [0.1, 0.15) is 0 Å². The molecule has 0 N–H and O–H groups in total. The van der Waals surface area contributed by atoms with E-state index in [0.29, 0.717) is 5.39 Å². The van der Waals surface area contributed by atoms with E-state index in [1.807, 2.05) is 12.1 Å². The highest BCUT2D eigenvalue weighted by molar-refractivity contribution is 5.95. The minimum absolute atomic E-state index is 0.00511. The molecule has 0 heterocycles. The number of hydrogen-bond donors (Lipinski definition) is 0. The molecule has 0 radical (unpaired) electrons. The maximum absolute atomic E-state index is 14.6. The van der Waals surface area contributed by atoms with Crippen LogP contribution in [0.5, 0.6) is 5.75 Å². The van der Waals surface area contributed by atoms with E-state index >= 15 is 0 Å². The summed E-state index contributed by atoms with van der Waals surface area (Å²) in [5.74, 6) is -0.926. The maximum Gasteiger partial charge on any atom is 0.335 e. The maximum atomic E-state index is 14.6. The fourth-order valence-corrected chi connectivity index (χ4v) is 3.22. The van der Waals surface area contributed by atoms with Gasteiger partial charge in [-0.25, -0.2) is 9.18 Å². The topological polar surface area (TPSA) is 26.3 Å². The van der Waals surface area contributed by atoms with Crippen LogP contribution in [0.25, 0.3) is 10.8 Å². The van der Waals surface area contributed by atoms with Gasteiger partial charge in [-0.3, -0.25) is 0 Å². The number of halogens is 1. The van der Waals surface area contributed by atoms with Gasteiger partial charge in [-0.15, -0.1) is 0 Å². The number of carbonyl (C=O) groups excluding carboxylic acids is 1. The van der Waals surface area contributed by atoms with Crippen molar-refractivity contribution in [1.29, 1.82) is 0 Å². The summed E-state index contributed by atoms with van der Waals surface area (Å²) >= 11 is 0. The van der Waals surface area contributed by atoms with Gasteiger partial charge < -0.3 is 4.74 Å². The smallest absolute Gasteiger partial charge is 0.335 e. The van der Waals surface area contributed by atoms with Gasteiger partial charge in [-0.2, -0.15) is 0 Å². The van der Waals surface area contributed by atoms with E-state index in [-0.39, 0.29) is 11.7 Å². The lowest BCUT2D eigenvalue weighted by molar-refractivity contribution is -0.129. The Morgan fingerprint density at radius 1 is 1.19 bits per heavy atom. The van der Waals surface area contributed by atoms with Crippen LogP contribution in [-0.2, 0) is 11.2 Å². The van der Waals surface area contributed by atoms with E-state index in [9.17, 15) is 9.18 Å². The summed E-state index contributed by atoms with van der Waals surface area (Å²) < 4.78 is 19.8. The summed E-state index contributed by atoms with van der Waals surface area (Å²) in [4.78, 5) is 11.6. The Balaban J connectivity index is 2.49. The number of ether oxygens (including phenoxy) is 1. The quantitative estimate of drug-likeness (QED) is 0.216. The molecule has 140 valence electrons. The van der Waals surface area contributed by atoms with Crippen LogP contribution in [0.1, 0.15) is 69.9 Å². The van der Waals surface area contributed by atoms with Crippen molar-refractivity contribution >= 4 is 16.7 Å². The Bertz CT molecular complexity index is 779. The summed E-state index contributed by atoms with van der Waals surface area (Å²) in [6.07, 6.45) is 7.81. The van der Waals surface area contributed by atoms with Crippen molar-refractivity contribution in [2.45, 2.75) is 65.2 Å². The summed E-state index contributed by atoms with van der Waals surface area (Å²) in [6, 6.07) is 7.54. The number of rotatable bonds is 9. The van der Waals surface area contributed by atoms with Crippen molar-refractivity contribution in [3.05, 3.63) is 53.9 Å². The molecular formula is C23H29FO2. The Kier molecular flexibility index (Phi) is 7.38. The first-order chi connectivity index (χ1) is 12.5. The minimum atomic E-state index is -0.648. The van der Waals surface area contributed by atoms with Crippen molar-refractivity contribution < 1.29 is 13.9 Å². The molecule has 0 aliphatic carbocycles. The predicted octanol–water partition coefficient (Wildman–Crippen LogP) is 6.71. The highest BCUT2D eigenvalue weighted by atomic mass is 19.1. The van der Waals surface area contributed by atoms with E-state index in [0.717, 1.165) is 36.3 Å². The van der Waals surface area contributed by atoms with Crippen LogP contribution in [0.4, 0.5) is 4.39 Å². The fraction of sp³-hybridized carbons (Fsp3) is 0.435. The highest BCUT2D eigenvalue weighted by Crippen LogP contribution is 2.37.